The van der Waals surface area contributed by atoms with Crippen LogP contribution in [0.2, 0.25) is 0 Å². The average Bonchev–Trinajstić information content (AvgIpc) is 2.74. The molecule has 0 aliphatic heterocycles. The predicted octanol–water partition coefficient (Wildman–Crippen LogP) is 3.56. The Kier molecular flexibility index (Phi) is 3.98. The van der Waals surface area contributed by atoms with Crippen LogP contribution in [0.5, 0.6) is 0 Å². The van der Waals surface area contributed by atoms with Gasteiger partial charge in [-0.3, -0.25) is 9.59 Å². The summed E-state index contributed by atoms with van der Waals surface area (Å²) in [6.07, 6.45) is 2.95. The van der Waals surface area contributed by atoms with Crippen molar-refractivity contribution < 1.29 is 9.59 Å². The van der Waals surface area contributed by atoms with Gasteiger partial charge in [0, 0.05) is 16.4 Å². The number of primary amides is 1. The lowest BCUT2D eigenvalue weighted by Crippen LogP contribution is -2.28. The van der Waals surface area contributed by atoms with Gasteiger partial charge in [0.2, 0.25) is 5.91 Å². The first kappa shape index (κ1) is 14.8. The molecule has 0 radical (unpaired) electrons. The normalized spacial score (nSPS) is 14.4. The highest BCUT2D eigenvalue weighted by molar-refractivity contribution is 7.17. The summed E-state index contributed by atoms with van der Waals surface area (Å²) in [4.78, 5) is 25.1. The van der Waals surface area contributed by atoms with E-state index in [9.17, 15) is 9.59 Å². The van der Waals surface area contributed by atoms with Gasteiger partial charge in [-0.2, -0.15) is 0 Å². The molecule has 3 rings (SSSR count). The number of hydrogen-bond donors (Lipinski definition) is 2. The van der Waals surface area contributed by atoms with Crippen molar-refractivity contribution >= 4 is 28.2 Å². The quantitative estimate of drug-likeness (QED) is 0.905. The molecule has 1 aromatic carbocycles. The Balaban J connectivity index is 2.00. The second-order valence-corrected chi connectivity index (χ2v) is 6.81. The van der Waals surface area contributed by atoms with Crippen LogP contribution in [0.1, 0.15) is 34.5 Å². The average molecular weight is 314 g/mol. The number of amides is 2. The Morgan fingerprint density at radius 2 is 1.91 bits per heavy atom. The van der Waals surface area contributed by atoms with Gasteiger partial charge in [0.1, 0.15) is 5.00 Å². The van der Waals surface area contributed by atoms with Crippen LogP contribution in [0.4, 0.5) is 5.00 Å². The number of carbonyl (C=O) groups excluding carboxylic acids is 2. The Labute approximate surface area is 133 Å². The zero-order valence-corrected chi connectivity index (χ0v) is 13.2. The highest BCUT2D eigenvalue weighted by atomic mass is 32.1. The molecule has 0 bridgehead atoms. The Morgan fingerprint density at radius 1 is 1.23 bits per heavy atom. The third kappa shape index (κ3) is 2.64. The summed E-state index contributed by atoms with van der Waals surface area (Å²) in [6, 6.07) is 9.65. The molecule has 1 saturated carbocycles. The van der Waals surface area contributed by atoms with Gasteiger partial charge in [-0.15, -0.1) is 11.3 Å². The second-order valence-electron chi connectivity index (χ2n) is 5.58. The van der Waals surface area contributed by atoms with Gasteiger partial charge >= 0.3 is 0 Å². The van der Waals surface area contributed by atoms with Crippen molar-refractivity contribution in [1.29, 1.82) is 0 Å². The molecule has 0 spiro atoms. The highest BCUT2D eigenvalue weighted by Crippen LogP contribution is 2.40. The molecule has 1 heterocycles. The van der Waals surface area contributed by atoms with Gasteiger partial charge in [-0.05, 0) is 25.3 Å². The van der Waals surface area contributed by atoms with E-state index in [1.165, 1.54) is 11.3 Å². The third-order valence-corrected chi connectivity index (χ3v) is 5.13. The lowest BCUT2D eigenvalue weighted by atomic mass is 9.85. The van der Waals surface area contributed by atoms with Gasteiger partial charge < -0.3 is 11.1 Å². The van der Waals surface area contributed by atoms with E-state index in [1.54, 1.807) is 0 Å². The van der Waals surface area contributed by atoms with Crippen molar-refractivity contribution in [2.75, 3.05) is 5.32 Å². The number of nitrogens with two attached hydrogens (primary N) is 1. The van der Waals surface area contributed by atoms with Crippen LogP contribution in [0.15, 0.2) is 30.3 Å². The molecule has 0 atom stereocenters. The van der Waals surface area contributed by atoms with E-state index in [4.69, 9.17) is 5.73 Å². The second kappa shape index (κ2) is 5.93. The molecule has 5 heteroatoms. The fourth-order valence-corrected chi connectivity index (χ4v) is 3.79. The van der Waals surface area contributed by atoms with Crippen LogP contribution in [-0.4, -0.2) is 11.8 Å². The SMILES string of the molecule is Cc1sc(NC(=O)C2CCC2)c(C(N)=O)c1-c1ccccc1. The highest BCUT2D eigenvalue weighted by Gasteiger charge is 2.28. The number of hydrogen-bond acceptors (Lipinski definition) is 3. The number of thiophene rings is 1. The summed E-state index contributed by atoms with van der Waals surface area (Å²) < 4.78 is 0. The Bertz CT molecular complexity index is 718. The van der Waals surface area contributed by atoms with Crippen molar-refractivity contribution in [1.82, 2.24) is 0 Å². The van der Waals surface area contributed by atoms with Crippen molar-refractivity contribution in [3.8, 4) is 11.1 Å². The molecule has 0 saturated heterocycles. The maximum absolute atomic E-state index is 12.2. The fraction of sp³-hybridized carbons (Fsp3) is 0.294. The number of carbonyl (C=O) groups is 2. The molecule has 1 aliphatic carbocycles. The molecule has 2 aromatic rings. The van der Waals surface area contributed by atoms with Gasteiger partial charge in [0.25, 0.3) is 5.91 Å². The maximum atomic E-state index is 12.2. The van der Waals surface area contributed by atoms with Crippen molar-refractivity contribution in [2.24, 2.45) is 11.7 Å². The molecule has 114 valence electrons. The fourth-order valence-electron chi connectivity index (χ4n) is 2.70. The van der Waals surface area contributed by atoms with E-state index in [0.717, 1.165) is 35.3 Å². The summed E-state index contributed by atoms with van der Waals surface area (Å²) in [5, 5.41) is 3.47. The standard InChI is InChI=1S/C17H18N2O2S/c1-10-13(11-6-3-2-4-7-11)14(15(18)20)17(22-10)19-16(21)12-8-5-9-12/h2-4,6-7,12H,5,8-9H2,1H3,(H2,18,20)(H,19,21). The van der Waals surface area contributed by atoms with Gasteiger partial charge in [0.05, 0.1) is 5.56 Å². The molecular formula is C17H18N2O2S. The number of benzene rings is 1. The summed E-state index contributed by atoms with van der Waals surface area (Å²) in [7, 11) is 0. The van der Waals surface area contributed by atoms with Gasteiger partial charge in [-0.1, -0.05) is 36.8 Å². The Hall–Kier alpha value is -2.14. The van der Waals surface area contributed by atoms with E-state index >= 15 is 0 Å². The summed E-state index contributed by atoms with van der Waals surface area (Å²) in [5.41, 5.74) is 7.76. The topological polar surface area (TPSA) is 72.2 Å². The van der Waals surface area contributed by atoms with Crippen LogP contribution >= 0.6 is 11.3 Å². The first-order valence-corrected chi connectivity index (χ1v) is 8.19. The number of anilines is 1. The molecule has 3 N–H and O–H groups in total. The van der Waals surface area contributed by atoms with E-state index < -0.39 is 5.91 Å². The molecule has 4 nitrogen and oxygen atoms in total. The lowest BCUT2D eigenvalue weighted by Gasteiger charge is -2.23. The minimum atomic E-state index is -0.507. The van der Waals surface area contributed by atoms with Gasteiger partial charge in [0.15, 0.2) is 0 Å². The van der Waals surface area contributed by atoms with Crippen LogP contribution in [0.3, 0.4) is 0 Å². The van der Waals surface area contributed by atoms with Crippen LogP contribution in [0, 0.1) is 12.8 Å². The molecule has 22 heavy (non-hydrogen) atoms. The lowest BCUT2D eigenvalue weighted by molar-refractivity contribution is -0.122. The van der Waals surface area contributed by atoms with Crippen molar-refractivity contribution in [3.05, 3.63) is 40.8 Å². The summed E-state index contributed by atoms with van der Waals surface area (Å²) >= 11 is 1.41. The van der Waals surface area contributed by atoms with Crippen LogP contribution in [-0.2, 0) is 4.79 Å². The zero-order valence-electron chi connectivity index (χ0n) is 12.4. The molecule has 1 aliphatic rings. The zero-order chi connectivity index (χ0) is 15.7. The van der Waals surface area contributed by atoms with E-state index in [-0.39, 0.29) is 11.8 Å². The summed E-state index contributed by atoms with van der Waals surface area (Å²) in [6.45, 7) is 1.94. The monoisotopic (exact) mass is 314 g/mol. The Morgan fingerprint density at radius 3 is 2.45 bits per heavy atom. The minimum absolute atomic E-state index is 0.00499. The van der Waals surface area contributed by atoms with Crippen molar-refractivity contribution in [3.63, 3.8) is 0 Å². The van der Waals surface area contributed by atoms with E-state index in [2.05, 4.69) is 5.32 Å². The number of aryl methyl sites for hydroxylation is 1. The first-order chi connectivity index (χ1) is 10.6. The van der Waals surface area contributed by atoms with E-state index in [0.29, 0.717) is 10.6 Å². The van der Waals surface area contributed by atoms with Crippen LogP contribution in [0.25, 0.3) is 11.1 Å². The number of nitrogens with one attached hydrogen (secondary N) is 1. The van der Waals surface area contributed by atoms with Crippen LogP contribution < -0.4 is 11.1 Å². The minimum Gasteiger partial charge on any atom is -0.365 e. The van der Waals surface area contributed by atoms with E-state index in [1.807, 2.05) is 37.3 Å². The van der Waals surface area contributed by atoms with Gasteiger partial charge in [-0.25, -0.2) is 0 Å². The summed E-state index contributed by atoms with van der Waals surface area (Å²) in [5.74, 6) is -0.440. The predicted molar refractivity (Wildman–Crippen MR) is 89.0 cm³/mol. The smallest absolute Gasteiger partial charge is 0.252 e. The third-order valence-electron chi connectivity index (χ3n) is 4.11. The van der Waals surface area contributed by atoms with Crippen molar-refractivity contribution in [2.45, 2.75) is 26.2 Å². The maximum Gasteiger partial charge on any atom is 0.252 e. The first-order valence-electron chi connectivity index (χ1n) is 7.37. The molecular weight excluding hydrogens is 296 g/mol. The molecule has 0 unspecified atom stereocenters. The molecule has 1 aromatic heterocycles. The molecule has 1 fully saturated rings. The largest absolute Gasteiger partial charge is 0.365 e. The molecule has 2 amide bonds. The number of rotatable bonds is 4.